The number of ether oxygens (including phenoxy) is 2. The molecule has 4 aromatic carbocycles. The minimum atomic E-state index is -3.53. The fraction of sp³-hybridized carbons (Fsp3) is 0.133. The zero-order chi connectivity index (χ0) is 31.8. The number of hydrogen-bond donors (Lipinski definition) is 0. The van der Waals surface area contributed by atoms with E-state index in [1.807, 2.05) is 24.3 Å². The molecule has 0 atom stereocenters. The maximum absolute atomic E-state index is 12.7. The van der Waals surface area contributed by atoms with Gasteiger partial charge in [-0.25, -0.2) is 8.42 Å². The Bertz CT molecular complexity index is 1860. The smallest absolute Gasteiger partial charge is 0.259 e. The summed E-state index contributed by atoms with van der Waals surface area (Å²) >= 11 is 25.9. The summed E-state index contributed by atoms with van der Waals surface area (Å²) in [5.74, 6) is 0.195. The fourth-order valence-corrected chi connectivity index (χ4v) is 8.49. The van der Waals surface area contributed by atoms with Gasteiger partial charge in [-0.2, -0.15) is 0 Å². The zero-order valence-corrected chi connectivity index (χ0v) is 27.7. The SMILES string of the molecule is COc1c(Cl)cc(C(=O)N2CS(=O)(=O)c3ccccc32)cc1Cl.COc1c(Cl)cc(C(=O)N2CSc3ccccc32)cc1Cl. The molecule has 4 aromatic rings. The van der Waals surface area contributed by atoms with Crippen molar-refractivity contribution in [1.82, 2.24) is 0 Å². The molecule has 0 aromatic heterocycles. The highest BCUT2D eigenvalue weighted by molar-refractivity contribution is 8.00. The van der Waals surface area contributed by atoms with Gasteiger partial charge in [-0.1, -0.05) is 70.7 Å². The Kier molecular flexibility index (Phi) is 9.60. The number of fused-ring (bicyclic) bond motifs is 2. The summed E-state index contributed by atoms with van der Waals surface area (Å²) in [5.41, 5.74) is 1.90. The molecule has 44 heavy (non-hydrogen) atoms. The summed E-state index contributed by atoms with van der Waals surface area (Å²) in [4.78, 5) is 29.5. The van der Waals surface area contributed by atoms with Gasteiger partial charge >= 0.3 is 0 Å². The molecule has 228 valence electrons. The summed E-state index contributed by atoms with van der Waals surface area (Å²) in [7, 11) is -0.624. The lowest BCUT2D eigenvalue weighted by Crippen LogP contribution is -2.30. The summed E-state index contributed by atoms with van der Waals surface area (Å²) in [6, 6.07) is 20.1. The average Bonchev–Trinajstić information content (AvgIpc) is 3.55. The number of sulfone groups is 1. The number of anilines is 2. The molecule has 0 saturated heterocycles. The van der Waals surface area contributed by atoms with Crippen LogP contribution in [0.5, 0.6) is 11.5 Å². The molecular formula is C30H22Cl4N2O6S2. The van der Waals surface area contributed by atoms with Gasteiger partial charge in [-0.3, -0.25) is 19.4 Å². The number of halogens is 4. The molecule has 0 radical (unpaired) electrons. The molecular weight excluding hydrogens is 690 g/mol. The number of methoxy groups -OCH3 is 2. The predicted molar refractivity (Wildman–Crippen MR) is 175 cm³/mol. The van der Waals surface area contributed by atoms with Gasteiger partial charge in [0.05, 0.1) is 56.5 Å². The van der Waals surface area contributed by atoms with Crippen LogP contribution in [0.15, 0.2) is 82.6 Å². The van der Waals surface area contributed by atoms with Crippen LogP contribution in [0.4, 0.5) is 11.4 Å². The van der Waals surface area contributed by atoms with E-state index < -0.39 is 21.6 Å². The number of rotatable bonds is 4. The molecule has 0 bridgehead atoms. The molecule has 0 fully saturated rings. The highest BCUT2D eigenvalue weighted by Gasteiger charge is 2.36. The van der Waals surface area contributed by atoms with E-state index in [-0.39, 0.29) is 32.2 Å². The van der Waals surface area contributed by atoms with Gasteiger partial charge in [0.2, 0.25) is 0 Å². The van der Waals surface area contributed by atoms with Crippen LogP contribution in [-0.4, -0.2) is 46.2 Å². The fourth-order valence-electron chi connectivity index (χ4n) is 4.66. The Morgan fingerprint density at radius 1 is 0.705 bits per heavy atom. The van der Waals surface area contributed by atoms with E-state index in [9.17, 15) is 18.0 Å². The maximum Gasteiger partial charge on any atom is 0.259 e. The van der Waals surface area contributed by atoms with Crippen molar-refractivity contribution >= 4 is 91.2 Å². The van der Waals surface area contributed by atoms with Crippen molar-refractivity contribution in [2.24, 2.45) is 0 Å². The molecule has 2 heterocycles. The lowest BCUT2D eigenvalue weighted by molar-refractivity contribution is 0.0984. The molecule has 2 aliphatic rings. The third-order valence-corrected chi connectivity index (χ3v) is 10.5. The second-order valence-corrected chi connectivity index (χ2v) is 13.9. The Balaban J connectivity index is 0.000000175. The first-order valence-corrected chi connectivity index (χ1v) is 16.8. The van der Waals surface area contributed by atoms with E-state index in [2.05, 4.69) is 0 Å². The number of nitrogens with zero attached hydrogens (tertiary/aromatic N) is 2. The Hall–Kier alpha value is -3.12. The lowest BCUT2D eigenvalue weighted by atomic mass is 10.1. The third-order valence-electron chi connectivity index (χ3n) is 6.68. The first-order chi connectivity index (χ1) is 21.0. The summed E-state index contributed by atoms with van der Waals surface area (Å²) in [6.45, 7) is 0. The molecule has 14 heteroatoms. The van der Waals surface area contributed by atoms with Gasteiger partial charge < -0.3 is 9.47 Å². The van der Waals surface area contributed by atoms with Crippen molar-refractivity contribution in [1.29, 1.82) is 0 Å². The van der Waals surface area contributed by atoms with E-state index in [0.29, 0.717) is 32.9 Å². The summed E-state index contributed by atoms with van der Waals surface area (Å²) < 4.78 is 34.5. The predicted octanol–water partition coefficient (Wildman–Crippen LogP) is 8.11. The normalized spacial score (nSPS) is 14.3. The summed E-state index contributed by atoms with van der Waals surface area (Å²) in [5, 5.41) is 1.01. The Morgan fingerprint density at radius 3 is 1.68 bits per heavy atom. The number of para-hydroxylation sites is 2. The molecule has 2 aliphatic heterocycles. The van der Waals surface area contributed by atoms with Crippen LogP contribution in [0.25, 0.3) is 0 Å². The van der Waals surface area contributed by atoms with E-state index >= 15 is 0 Å². The number of thioether (sulfide) groups is 1. The number of benzene rings is 4. The number of carbonyl (C=O) groups is 2. The van der Waals surface area contributed by atoms with Crippen LogP contribution in [0.2, 0.25) is 20.1 Å². The molecule has 0 unspecified atom stereocenters. The van der Waals surface area contributed by atoms with Crippen molar-refractivity contribution in [2.45, 2.75) is 9.79 Å². The third kappa shape index (κ3) is 6.20. The van der Waals surface area contributed by atoms with E-state index in [1.165, 1.54) is 37.3 Å². The van der Waals surface area contributed by atoms with Crippen LogP contribution in [-0.2, 0) is 9.84 Å². The lowest BCUT2D eigenvalue weighted by Gasteiger charge is -2.17. The number of carbonyl (C=O) groups excluding carboxylic acids is 2. The monoisotopic (exact) mass is 710 g/mol. The largest absolute Gasteiger partial charge is 0.494 e. The minimum Gasteiger partial charge on any atom is -0.494 e. The average molecular weight is 712 g/mol. The highest BCUT2D eigenvalue weighted by atomic mass is 35.5. The van der Waals surface area contributed by atoms with Gasteiger partial charge in [0, 0.05) is 16.0 Å². The second-order valence-electron chi connectivity index (χ2n) is 9.37. The summed E-state index contributed by atoms with van der Waals surface area (Å²) in [6.07, 6.45) is 0. The molecule has 6 rings (SSSR count). The molecule has 0 N–H and O–H groups in total. The van der Waals surface area contributed by atoms with Gasteiger partial charge in [0.25, 0.3) is 11.8 Å². The highest BCUT2D eigenvalue weighted by Crippen LogP contribution is 2.41. The second kappa shape index (κ2) is 13.1. The molecule has 0 saturated carbocycles. The molecule has 2 amide bonds. The van der Waals surface area contributed by atoms with Gasteiger partial charge in [0.1, 0.15) is 5.88 Å². The van der Waals surface area contributed by atoms with E-state index in [4.69, 9.17) is 55.9 Å². The van der Waals surface area contributed by atoms with E-state index in [1.54, 1.807) is 47.0 Å². The van der Waals surface area contributed by atoms with Gasteiger partial charge in [0.15, 0.2) is 21.3 Å². The molecule has 8 nitrogen and oxygen atoms in total. The van der Waals surface area contributed by atoms with Crippen LogP contribution in [0, 0.1) is 0 Å². The quantitative estimate of drug-likeness (QED) is 0.211. The Labute approximate surface area is 278 Å². The number of amides is 2. The van der Waals surface area contributed by atoms with Crippen LogP contribution in [0.3, 0.4) is 0 Å². The topological polar surface area (TPSA) is 93.2 Å². The van der Waals surface area contributed by atoms with Crippen LogP contribution < -0.4 is 19.3 Å². The first kappa shape index (κ1) is 32.3. The minimum absolute atomic E-state index is 0.126. The van der Waals surface area contributed by atoms with Gasteiger partial charge in [-0.05, 0) is 48.5 Å². The van der Waals surface area contributed by atoms with Gasteiger partial charge in [-0.15, -0.1) is 11.8 Å². The zero-order valence-electron chi connectivity index (χ0n) is 23.0. The van der Waals surface area contributed by atoms with Crippen molar-refractivity contribution in [2.75, 3.05) is 35.8 Å². The van der Waals surface area contributed by atoms with Crippen LogP contribution in [0.1, 0.15) is 20.7 Å². The van der Waals surface area contributed by atoms with Crippen molar-refractivity contribution in [3.63, 3.8) is 0 Å². The molecule has 0 aliphatic carbocycles. The van der Waals surface area contributed by atoms with Crippen LogP contribution >= 0.6 is 58.2 Å². The number of hydrogen-bond acceptors (Lipinski definition) is 7. The maximum atomic E-state index is 12.7. The van der Waals surface area contributed by atoms with Crippen molar-refractivity contribution in [3.05, 3.63) is 104 Å². The first-order valence-electron chi connectivity index (χ1n) is 12.7. The molecule has 0 spiro atoms. The Morgan fingerprint density at radius 2 is 1.16 bits per heavy atom. The standard InChI is InChI=1S/C15H11Cl2NO4S.C15H11Cl2NO2S/c1-22-14-10(16)6-9(7-11(14)17)15(19)18-8-23(20,21)13-5-3-2-4-12(13)18;1-20-14-10(16)6-9(7-11(14)17)15(19)18-8-21-13-5-3-2-4-12(13)18/h2-7H,8H2,1H3;2-7H,8H2,1H3. The van der Waals surface area contributed by atoms with E-state index in [0.717, 1.165) is 10.6 Å². The van der Waals surface area contributed by atoms with Crippen molar-refractivity contribution < 1.29 is 27.5 Å². The van der Waals surface area contributed by atoms with Crippen molar-refractivity contribution in [3.8, 4) is 11.5 Å².